The van der Waals surface area contributed by atoms with E-state index in [0.717, 1.165) is 30.7 Å². The summed E-state index contributed by atoms with van der Waals surface area (Å²) in [7, 11) is -0.578. The van der Waals surface area contributed by atoms with Crippen LogP contribution in [0.4, 0.5) is 4.79 Å². The number of nitrogens with zero attached hydrogens (tertiary/aromatic N) is 1. The fraction of sp³-hybridized carbons (Fsp3) is 0.400. The Labute approximate surface area is 250 Å². The van der Waals surface area contributed by atoms with Gasteiger partial charge in [-0.1, -0.05) is 78.9 Å². The highest BCUT2D eigenvalue weighted by Gasteiger charge is 2.52. The Kier molecular flexibility index (Phi) is 8.01. The molecule has 0 bridgehead atoms. The molecule has 1 N–H and O–H groups in total. The van der Waals surface area contributed by atoms with Gasteiger partial charge in [0, 0.05) is 19.0 Å². The van der Waals surface area contributed by atoms with E-state index in [1.54, 1.807) is 0 Å². The summed E-state index contributed by atoms with van der Waals surface area (Å²) in [6, 6.07) is 25.3. The van der Waals surface area contributed by atoms with Gasteiger partial charge in [-0.15, -0.1) is 0 Å². The van der Waals surface area contributed by atoms with Crippen LogP contribution in [0, 0.1) is 0 Å². The van der Waals surface area contributed by atoms with Crippen molar-refractivity contribution in [1.82, 2.24) is 10.2 Å². The average Bonchev–Trinajstić information content (AvgIpc) is 3.65. The molecule has 0 atom stereocenters. The van der Waals surface area contributed by atoms with Crippen molar-refractivity contribution in [3.05, 3.63) is 101 Å². The first-order valence-electron chi connectivity index (χ1n) is 15.2. The maximum Gasteiger partial charge on any atom is 0.492 e. The monoisotopic (exact) mass is 564 g/mol. The summed E-state index contributed by atoms with van der Waals surface area (Å²) in [5.74, 6) is 0.0135. The second-order valence-corrected chi connectivity index (χ2v) is 12.7. The number of fused-ring (bicyclic) bond motifs is 3. The van der Waals surface area contributed by atoms with Crippen LogP contribution in [0.1, 0.15) is 68.7 Å². The molecule has 2 heterocycles. The smallest absolute Gasteiger partial charge is 0.449 e. The third-order valence-electron chi connectivity index (χ3n) is 9.24. The maximum absolute atomic E-state index is 13.0. The van der Waals surface area contributed by atoms with Crippen LogP contribution in [-0.2, 0) is 20.6 Å². The Morgan fingerprint density at radius 1 is 0.929 bits per heavy atom. The lowest BCUT2D eigenvalue weighted by atomic mass is 9.77. The van der Waals surface area contributed by atoms with Crippen molar-refractivity contribution in [2.75, 3.05) is 26.2 Å². The summed E-state index contributed by atoms with van der Waals surface area (Å²) in [5, 5.41) is 2.98. The van der Waals surface area contributed by atoms with Crippen LogP contribution in [0.25, 0.3) is 17.2 Å². The predicted octanol–water partition coefficient (Wildman–Crippen LogP) is 6.84. The summed E-state index contributed by atoms with van der Waals surface area (Å²) in [6.45, 7) is 12.0. The number of nitrogens with one attached hydrogen (secondary N) is 1. The van der Waals surface area contributed by atoms with Gasteiger partial charge < -0.3 is 19.4 Å². The minimum absolute atomic E-state index is 0.0135. The Morgan fingerprint density at radius 2 is 1.55 bits per heavy atom. The molecule has 2 aliphatic heterocycles. The van der Waals surface area contributed by atoms with Crippen molar-refractivity contribution in [3.8, 4) is 11.1 Å². The quantitative estimate of drug-likeness (QED) is 0.304. The van der Waals surface area contributed by atoms with E-state index in [2.05, 4.69) is 77.0 Å². The minimum Gasteiger partial charge on any atom is -0.449 e. The molecule has 6 rings (SSSR count). The first kappa shape index (κ1) is 28.7. The van der Waals surface area contributed by atoms with Crippen LogP contribution in [-0.4, -0.2) is 55.6 Å². The van der Waals surface area contributed by atoms with Gasteiger partial charge >= 0.3 is 13.2 Å². The fourth-order valence-electron chi connectivity index (χ4n) is 6.21. The van der Waals surface area contributed by atoms with Crippen molar-refractivity contribution in [3.63, 3.8) is 0 Å². The zero-order valence-electron chi connectivity index (χ0n) is 25.2. The molecule has 2 saturated heterocycles. The largest absolute Gasteiger partial charge is 0.492 e. The Balaban J connectivity index is 1.16. The lowest BCUT2D eigenvalue weighted by Crippen LogP contribution is -2.41. The molecule has 7 heteroatoms. The fourth-order valence-corrected chi connectivity index (χ4v) is 6.21. The van der Waals surface area contributed by atoms with Gasteiger partial charge in [0.15, 0.2) is 0 Å². The van der Waals surface area contributed by atoms with Gasteiger partial charge in [0.1, 0.15) is 6.61 Å². The van der Waals surface area contributed by atoms with Gasteiger partial charge in [-0.3, -0.25) is 4.90 Å². The van der Waals surface area contributed by atoms with E-state index in [4.69, 9.17) is 14.0 Å². The highest BCUT2D eigenvalue weighted by molar-refractivity contribution is 6.56. The van der Waals surface area contributed by atoms with Gasteiger partial charge in [-0.2, -0.15) is 0 Å². The molecule has 42 heavy (non-hydrogen) atoms. The predicted molar refractivity (Wildman–Crippen MR) is 168 cm³/mol. The number of rotatable bonds is 8. The Bertz CT molecular complexity index is 1420. The number of benzene rings is 3. The van der Waals surface area contributed by atoms with Crippen molar-refractivity contribution in [2.45, 2.75) is 64.2 Å². The summed E-state index contributed by atoms with van der Waals surface area (Å²) < 4.78 is 18.6. The van der Waals surface area contributed by atoms with Crippen LogP contribution in [0.5, 0.6) is 0 Å². The van der Waals surface area contributed by atoms with E-state index < -0.39 is 24.4 Å². The van der Waals surface area contributed by atoms with E-state index in [1.165, 1.54) is 40.7 Å². The first-order valence-corrected chi connectivity index (χ1v) is 15.2. The van der Waals surface area contributed by atoms with Gasteiger partial charge in [0.2, 0.25) is 0 Å². The molecule has 6 nitrogen and oxygen atoms in total. The van der Waals surface area contributed by atoms with Crippen molar-refractivity contribution in [2.24, 2.45) is 0 Å². The van der Waals surface area contributed by atoms with Crippen LogP contribution in [0.3, 0.4) is 0 Å². The molecular weight excluding hydrogens is 523 g/mol. The normalized spacial score (nSPS) is 19.5. The lowest BCUT2D eigenvalue weighted by molar-refractivity contribution is 0.00578. The van der Waals surface area contributed by atoms with E-state index in [0.29, 0.717) is 0 Å². The zero-order valence-corrected chi connectivity index (χ0v) is 25.2. The Hall–Kier alpha value is -3.39. The molecule has 3 aliphatic rings. The molecule has 0 saturated carbocycles. The van der Waals surface area contributed by atoms with E-state index in [9.17, 15) is 4.79 Å². The SMILES string of the molecule is CC1(C)OB(C(=Cc2cccc(CN3CCCC3)c2)CNC(=O)OCC2c3ccccc3-c3ccccc32)OC1(C)C. The van der Waals surface area contributed by atoms with Crippen LogP contribution in [0.2, 0.25) is 0 Å². The molecule has 3 aromatic carbocycles. The molecule has 3 aromatic rings. The highest BCUT2D eigenvalue weighted by atomic mass is 16.7. The number of amides is 1. The molecule has 218 valence electrons. The van der Waals surface area contributed by atoms with Crippen LogP contribution >= 0.6 is 0 Å². The van der Waals surface area contributed by atoms with E-state index in [1.807, 2.05) is 39.8 Å². The topological polar surface area (TPSA) is 60.0 Å². The number of carbonyl (C=O) groups excluding carboxylic acids is 1. The number of hydrogen-bond acceptors (Lipinski definition) is 5. The number of hydrogen-bond donors (Lipinski definition) is 1. The third-order valence-corrected chi connectivity index (χ3v) is 9.24. The van der Waals surface area contributed by atoms with E-state index >= 15 is 0 Å². The van der Waals surface area contributed by atoms with Gasteiger partial charge in [-0.25, -0.2) is 4.79 Å². The molecule has 0 radical (unpaired) electrons. The number of ether oxygens (including phenoxy) is 1. The number of alkyl carbamates (subject to hydrolysis) is 1. The minimum atomic E-state index is -0.578. The standard InChI is InChI=1S/C35H41BN2O4/c1-34(2)35(3,4)42-36(41-34)27(21-25-12-11-13-26(20-25)23-38-18-9-10-19-38)22-37-33(39)40-24-32-30-16-7-5-14-28(30)29-15-6-8-17-31(29)32/h5-8,11-17,20-21,32H,9-10,18-19,22-24H2,1-4H3,(H,37,39). The maximum atomic E-state index is 13.0. The zero-order chi connectivity index (χ0) is 29.3. The van der Waals surface area contributed by atoms with Crippen LogP contribution in [0.15, 0.2) is 78.3 Å². The molecular formula is C35H41BN2O4. The molecule has 1 aliphatic carbocycles. The molecule has 0 unspecified atom stereocenters. The summed E-state index contributed by atoms with van der Waals surface area (Å²) in [5.41, 5.74) is 7.02. The molecule has 0 aromatic heterocycles. The lowest BCUT2D eigenvalue weighted by Gasteiger charge is -2.32. The average molecular weight is 565 g/mol. The van der Waals surface area contributed by atoms with Crippen molar-refractivity contribution in [1.29, 1.82) is 0 Å². The second kappa shape index (κ2) is 11.7. The van der Waals surface area contributed by atoms with Crippen molar-refractivity contribution >= 4 is 19.3 Å². The summed E-state index contributed by atoms with van der Waals surface area (Å²) >= 11 is 0. The Morgan fingerprint density at radius 3 is 2.19 bits per heavy atom. The second-order valence-electron chi connectivity index (χ2n) is 12.7. The third kappa shape index (κ3) is 5.91. The molecule has 0 spiro atoms. The van der Waals surface area contributed by atoms with Gasteiger partial charge in [-0.05, 0) is 92.5 Å². The molecule has 2 fully saturated rings. The molecule has 1 amide bonds. The van der Waals surface area contributed by atoms with Crippen LogP contribution < -0.4 is 5.32 Å². The highest BCUT2D eigenvalue weighted by Crippen LogP contribution is 2.44. The van der Waals surface area contributed by atoms with E-state index in [-0.39, 0.29) is 19.1 Å². The number of carbonyl (C=O) groups is 1. The summed E-state index contributed by atoms with van der Waals surface area (Å²) in [4.78, 5) is 15.5. The first-order chi connectivity index (χ1) is 20.2. The van der Waals surface area contributed by atoms with Gasteiger partial charge in [0.25, 0.3) is 0 Å². The summed E-state index contributed by atoms with van der Waals surface area (Å²) in [6.07, 6.45) is 4.17. The van der Waals surface area contributed by atoms with Crippen molar-refractivity contribution < 1.29 is 18.8 Å². The number of likely N-dealkylation sites (tertiary alicyclic amines) is 1. The van der Waals surface area contributed by atoms with Gasteiger partial charge in [0.05, 0.1) is 11.2 Å².